The third-order valence-corrected chi connectivity index (χ3v) is 4.80. The van der Waals surface area contributed by atoms with Crippen LogP contribution in [0.5, 0.6) is 5.75 Å². The van der Waals surface area contributed by atoms with Crippen LogP contribution in [0.15, 0.2) is 18.5 Å². The summed E-state index contributed by atoms with van der Waals surface area (Å²) in [6, 6.07) is 2.62. The summed E-state index contributed by atoms with van der Waals surface area (Å²) >= 11 is 0. The van der Waals surface area contributed by atoms with Crippen LogP contribution in [0.2, 0.25) is 0 Å². The predicted molar refractivity (Wildman–Crippen MR) is 76.1 cm³/mol. The summed E-state index contributed by atoms with van der Waals surface area (Å²) in [5, 5.41) is 3.73. The standard InChI is InChI=1S/C16H24N2O/c1-3-7-18-16(15-13-5-4-6-14(13)15)11-8-12(19-2)10-17-9-11/h8-10,13-16,18H,3-7H2,1-2H3. The lowest BCUT2D eigenvalue weighted by atomic mass is 9.98. The van der Waals surface area contributed by atoms with Gasteiger partial charge in [-0.3, -0.25) is 4.98 Å². The Bertz CT molecular complexity index is 425. The number of nitrogens with zero attached hydrogens (tertiary/aromatic N) is 1. The van der Waals surface area contributed by atoms with E-state index in [1.165, 1.54) is 31.2 Å². The van der Waals surface area contributed by atoms with Crippen molar-refractivity contribution in [3.63, 3.8) is 0 Å². The average molecular weight is 260 g/mol. The first-order chi connectivity index (χ1) is 9.35. The van der Waals surface area contributed by atoms with Crippen molar-refractivity contribution in [1.29, 1.82) is 0 Å². The van der Waals surface area contributed by atoms with E-state index in [1.54, 1.807) is 13.3 Å². The molecule has 3 atom stereocenters. The zero-order valence-electron chi connectivity index (χ0n) is 11.9. The fourth-order valence-electron chi connectivity index (χ4n) is 3.86. The zero-order valence-corrected chi connectivity index (χ0v) is 11.9. The number of ether oxygens (including phenoxy) is 1. The lowest BCUT2D eigenvalue weighted by Gasteiger charge is -2.21. The highest BCUT2D eigenvalue weighted by Crippen LogP contribution is 2.62. The molecule has 19 heavy (non-hydrogen) atoms. The van der Waals surface area contributed by atoms with Crippen molar-refractivity contribution >= 4 is 0 Å². The molecule has 0 amide bonds. The highest BCUT2D eigenvalue weighted by molar-refractivity contribution is 5.28. The van der Waals surface area contributed by atoms with E-state index in [1.807, 2.05) is 6.20 Å². The maximum atomic E-state index is 5.31. The Labute approximate surface area is 115 Å². The normalized spacial score (nSPS) is 29.9. The van der Waals surface area contributed by atoms with Crippen molar-refractivity contribution in [3.8, 4) is 5.75 Å². The number of nitrogens with one attached hydrogen (secondary N) is 1. The quantitative estimate of drug-likeness (QED) is 0.853. The third-order valence-electron chi connectivity index (χ3n) is 4.80. The summed E-state index contributed by atoms with van der Waals surface area (Å²) in [7, 11) is 1.71. The van der Waals surface area contributed by atoms with Gasteiger partial charge in [0.05, 0.1) is 13.3 Å². The van der Waals surface area contributed by atoms with Crippen LogP contribution in [0, 0.1) is 17.8 Å². The van der Waals surface area contributed by atoms with E-state index in [0.29, 0.717) is 6.04 Å². The molecule has 0 aliphatic heterocycles. The summed E-state index contributed by atoms with van der Waals surface area (Å²) in [6.45, 7) is 3.30. The maximum Gasteiger partial charge on any atom is 0.137 e. The van der Waals surface area contributed by atoms with Crippen molar-refractivity contribution in [2.45, 2.75) is 38.6 Å². The molecule has 3 heteroatoms. The second-order valence-corrected chi connectivity index (χ2v) is 5.93. The van der Waals surface area contributed by atoms with Crippen LogP contribution >= 0.6 is 0 Å². The lowest BCUT2D eigenvalue weighted by molar-refractivity contribution is 0.400. The Balaban J connectivity index is 1.78. The molecule has 1 N–H and O–H groups in total. The Morgan fingerprint density at radius 2 is 2.16 bits per heavy atom. The van der Waals surface area contributed by atoms with Crippen LogP contribution in [0.1, 0.15) is 44.2 Å². The average Bonchev–Trinajstić information content (AvgIpc) is 2.92. The second-order valence-electron chi connectivity index (χ2n) is 5.93. The van der Waals surface area contributed by atoms with Gasteiger partial charge in [0.1, 0.15) is 5.75 Å². The number of aromatic nitrogens is 1. The minimum absolute atomic E-state index is 0.470. The molecule has 0 saturated heterocycles. The lowest BCUT2D eigenvalue weighted by Crippen LogP contribution is -2.25. The number of hydrogen-bond donors (Lipinski definition) is 1. The summed E-state index contributed by atoms with van der Waals surface area (Å²) in [4.78, 5) is 4.32. The van der Waals surface area contributed by atoms with E-state index in [0.717, 1.165) is 30.0 Å². The minimum atomic E-state index is 0.470. The highest BCUT2D eigenvalue weighted by atomic mass is 16.5. The molecule has 1 aromatic rings. The molecule has 0 aromatic carbocycles. The summed E-state index contributed by atoms with van der Waals surface area (Å²) in [5.41, 5.74) is 1.30. The Kier molecular flexibility index (Phi) is 3.74. The molecule has 104 valence electrons. The first-order valence-corrected chi connectivity index (χ1v) is 7.57. The largest absolute Gasteiger partial charge is 0.495 e. The van der Waals surface area contributed by atoms with E-state index in [9.17, 15) is 0 Å². The summed E-state index contributed by atoms with van der Waals surface area (Å²) in [5.74, 6) is 3.61. The molecular weight excluding hydrogens is 236 g/mol. The van der Waals surface area contributed by atoms with Crippen molar-refractivity contribution in [3.05, 3.63) is 24.0 Å². The second kappa shape index (κ2) is 5.49. The number of fused-ring (bicyclic) bond motifs is 1. The molecule has 0 spiro atoms. The first-order valence-electron chi connectivity index (χ1n) is 7.57. The van der Waals surface area contributed by atoms with E-state index in [2.05, 4.69) is 23.3 Å². The topological polar surface area (TPSA) is 34.2 Å². The van der Waals surface area contributed by atoms with Gasteiger partial charge in [-0.2, -0.15) is 0 Å². The predicted octanol–water partition coefficient (Wildman–Crippen LogP) is 3.18. The van der Waals surface area contributed by atoms with Gasteiger partial charge in [-0.05, 0) is 55.2 Å². The number of hydrogen-bond acceptors (Lipinski definition) is 3. The fourth-order valence-corrected chi connectivity index (χ4v) is 3.86. The Hall–Kier alpha value is -1.09. The summed E-state index contributed by atoms with van der Waals surface area (Å²) in [6.07, 6.45) is 9.25. The van der Waals surface area contributed by atoms with Gasteiger partial charge in [-0.15, -0.1) is 0 Å². The van der Waals surface area contributed by atoms with Crippen LogP contribution in [-0.4, -0.2) is 18.6 Å². The van der Waals surface area contributed by atoms with E-state index < -0.39 is 0 Å². The molecule has 1 aromatic heterocycles. The van der Waals surface area contributed by atoms with Gasteiger partial charge >= 0.3 is 0 Å². The molecule has 3 nitrogen and oxygen atoms in total. The van der Waals surface area contributed by atoms with Crippen molar-refractivity contribution in [1.82, 2.24) is 10.3 Å². The Morgan fingerprint density at radius 1 is 1.37 bits per heavy atom. The molecule has 2 saturated carbocycles. The molecule has 0 radical (unpaired) electrons. The molecule has 0 bridgehead atoms. The number of methoxy groups -OCH3 is 1. The number of rotatable bonds is 6. The zero-order chi connectivity index (χ0) is 13.2. The SMILES string of the molecule is CCCNC(c1cncc(OC)c1)C1C2CCCC21. The van der Waals surface area contributed by atoms with Crippen LogP contribution in [0.25, 0.3) is 0 Å². The third kappa shape index (κ3) is 2.48. The smallest absolute Gasteiger partial charge is 0.137 e. The fraction of sp³-hybridized carbons (Fsp3) is 0.688. The van der Waals surface area contributed by atoms with Gasteiger partial charge < -0.3 is 10.1 Å². The monoisotopic (exact) mass is 260 g/mol. The van der Waals surface area contributed by atoms with Crippen molar-refractivity contribution in [2.75, 3.05) is 13.7 Å². The number of pyridine rings is 1. The molecule has 1 heterocycles. The summed E-state index contributed by atoms with van der Waals surface area (Å²) < 4.78 is 5.31. The van der Waals surface area contributed by atoms with Crippen molar-refractivity contribution in [2.24, 2.45) is 17.8 Å². The molecule has 2 aliphatic rings. The van der Waals surface area contributed by atoms with Crippen LogP contribution in [-0.2, 0) is 0 Å². The molecule has 2 aliphatic carbocycles. The van der Waals surface area contributed by atoms with Crippen LogP contribution in [0.3, 0.4) is 0 Å². The minimum Gasteiger partial charge on any atom is -0.495 e. The van der Waals surface area contributed by atoms with Gasteiger partial charge in [0.25, 0.3) is 0 Å². The van der Waals surface area contributed by atoms with Crippen LogP contribution in [0.4, 0.5) is 0 Å². The van der Waals surface area contributed by atoms with Gasteiger partial charge in [0.15, 0.2) is 0 Å². The van der Waals surface area contributed by atoms with E-state index in [-0.39, 0.29) is 0 Å². The van der Waals surface area contributed by atoms with E-state index in [4.69, 9.17) is 4.74 Å². The first kappa shape index (κ1) is 12.9. The van der Waals surface area contributed by atoms with E-state index >= 15 is 0 Å². The van der Waals surface area contributed by atoms with Gasteiger partial charge in [-0.1, -0.05) is 13.3 Å². The molecule has 3 unspecified atom stereocenters. The maximum absolute atomic E-state index is 5.31. The highest BCUT2D eigenvalue weighted by Gasteiger charge is 2.55. The van der Waals surface area contributed by atoms with Crippen LogP contribution < -0.4 is 10.1 Å². The van der Waals surface area contributed by atoms with Gasteiger partial charge in [0, 0.05) is 12.2 Å². The molecule has 2 fully saturated rings. The van der Waals surface area contributed by atoms with Gasteiger partial charge in [-0.25, -0.2) is 0 Å². The molecule has 3 rings (SSSR count). The Morgan fingerprint density at radius 3 is 2.84 bits per heavy atom. The molecular formula is C16H24N2O. The van der Waals surface area contributed by atoms with Crippen molar-refractivity contribution < 1.29 is 4.74 Å². The van der Waals surface area contributed by atoms with Gasteiger partial charge in [0.2, 0.25) is 0 Å².